The van der Waals surface area contributed by atoms with E-state index in [-0.39, 0.29) is 5.91 Å². The Morgan fingerprint density at radius 1 is 1.39 bits per heavy atom. The second-order valence-corrected chi connectivity index (χ2v) is 5.60. The van der Waals surface area contributed by atoms with Crippen LogP contribution in [0.5, 0.6) is 0 Å². The minimum atomic E-state index is 0.0141. The van der Waals surface area contributed by atoms with Crippen LogP contribution in [-0.4, -0.2) is 25.0 Å². The largest absolute Gasteiger partial charge is 0.352 e. The van der Waals surface area contributed by atoms with Crippen molar-refractivity contribution in [2.75, 3.05) is 13.1 Å². The summed E-state index contributed by atoms with van der Waals surface area (Å²) in [6.07, 6.45) is 3.60. The predicted molar refractivity (Wildman–Crippen MR) is 76.9 cm³/mol. The molecule has 3 nitrogen and oxygen atoms in total. The summed E-state index contributed by atoms with van der Waals surface area (Å²) >= 11 is 3.44. The molecule has 2 rings (SSSR count). The number of carbonyl (C=O) groups is 1. The van der Waals surface area contributed by atoms with Crippen LogP contribution in [0.25, 0.3) is 0 Å². The van der Waals surface area contributed by atoms with Crippen molar-refractivity contribution >= 4 is 21.8 Å². The van der Waals surface area contributed by atoms with Gasteiger partial charge in [0, 0.05) is 22.6 Å². The first kappa shape index (κ1) is 13.6. The molecule has 0 saturated heterocycles. The molecule has 1 fully saturated rings. The Morgan fingerprint density at radius 2 is 2.17 bits per heavy atom. The fraction of sp³-hybridized carbons (Fsp3) is 0.500. The Hall–Kier alpha value is -0.870. The lowest BCUT2D eigenvalue weighted by Crippen LogP contribution is -2.28. The topological polar surface area (TPSA) is 41.1 Å². The number of hydrogen-bond acceptors (Lipinski definition) is 2. The van der Waals surface area contributed by atoms with Crippen molar-refractivity contribution in [3.63, 3.8) is 0 Å². The standard InChI is InChI=1S/C14H19BrN2O/c1-10-12(4-2-5-13(10)15)14(18)17-9-3-8-16-11-6-7-11/h2,4-5,11,16H,3,6-9H2,1H3,(H,17,18). The number of halogens is 1. The lowest BCUT2D eigenvalue weighted by atomic mass is 10.1. The number of nitrogens with one attached hydrogen (secondary N) is 2. The van der Waals surface area contributed by atoms with Crippen molar-refractivity contribution in [2.45, 2.75) is 32.2 Å². The van der Waals surface area contributed by atoms with Crippen LogP contribution < -0.4 is 10.6 Å². The van der Waals surface area contributed by atoms with Crippen molar-refractivity contribution in [1.82, 2.24) is 10.6 Å². The molecule has 18 heavy (non-hydrogen) atoms. The summed E-state index contributed by atoms with van der Waals surface area (Å²) in [5.74, 6) is 0.0141. The van der Waals surface area contributed by atoms with Gasteiger partial charge in [0.25, 0.3) is 5.91 Å². The number of rotatable bonds is 6. The number of carbonyl (C=O) groups excluding carboxylic acids is 1. The van der Waals surface area contributed by atoms with E-state index in [9.17, 15) is 4.79 Å². The van der Waals surface area contributed by atoms with Crippen molar-refractivity contribution in [1.29, 1.82) is 0 Å². The fourth-order valence-electron chi connectivity index (χ4n) is 1.83. The summed E-state index contributed by atoms with van der Waals surface area (Å²) in [7, 11) is 0. The third-order valence-corrected chi connectivity index (χ3v) is 4.02. The average molecular weight is 311 g/mol. The molecule has 0 heterocycles. The molecule has 0 aliphatic heterocycles. The maximum Gasteiger partial charge on any atom is 0.251 e. The Bertz CT molecular complexity index is 430. The molecule has 0 atom stereocenters. The van der Waals surface area contributed by atoms with E-state index < -0.39 is 0 Å². The summed E-state index contributed by atoms with van der Waals surface area (Å²) < 4.78 is 0.977. The van der Waals surface area contributed by atoms with Crippen LogP contribution in [0.3, 0.4) is 0 Å². The number of hydrogen-bond donors (Lipinski definition) is 2. The highest BCUT2D eigenvalue weighted by molar-refractivity contribution is 9.10. The van der Waals surface area contributed by atoms with Crippen molar-refractivity contribution in [3.8, 4) is 0 Å². The van der Waals surface area contributed by atoms with Gasteiger partial charge in [-0.25, -0.2) is 0 Å². The van der Waals surface area contributed by atoms with E-state index in [0.29, 0.717) is 0 Å². The summed E-state index contributed by atoms with van der Waals surface area (Å²) in [5, 5.41) is 6.39. The number of amides is 1. The Labute approximate surface area is 116 Å². The van der Waals surface area contributed by atoms with Crippen LogP contribution in [0.1, 0.15) is 35.2 Å². The van der Waals surface area contributed by atoms with Gasteiger partial charge in [-0.3, -0.25) is 4.79 Å². The van der Waals surface area contributed by atoms with Gasteiger partial charge in [0.05, 0.1) is 0 Å². The maximum atomic E-state index is 12.0. The molecule has 98 valence electrons. The number of benzene rings is 1. The highest BCUT2D eigenvalue weighted by Crippen LogP contribution is 2.19. The zero-order chi connectivity index (χ0) is 13.0. The smallest absolute Gasteiger partial charge is 0.251 e. The quantitative estimate of drug-likeness (QED) is 0.793. The van der Waals surface area contributed by atoms with Gasteiger partial charge in [0.2, 0.25) is 0 Å². The van der Waals surface area contributed by atoms with E-state index in [2.05, 4.69) is 26.6 Å². The SMILES string of the molecule is Cc1c(Br)cccc1C(=O)NCCCNC1CC1. The molecule has 4 heteroatoms. The van der Waals surface area contributed by atoms with E-state index in [1.807, 2.05) is 25.1 Å². The molecule has 1 aromatic rings. The molecule has 0 radical (unpaired) electrons. The molecule has 0 spiro atoms. The first-order valence-corrected chi connectivity index (χ1v) is 7.24. The van der Waals surface area contributed by atoms with Crippen LogP contribution in [0.2, 0.25) is 0 Å². The third kappa shape index (κ3) is 3.82. The zero-order valence-corrected chi connectivity index (χ0v) is 12.2. The highest BCUT2D eigenvalue weighted by Gasteiger charge is 2.19. The monoisotopic (exact) mass is 310 g/mol. The molecule has 1 amide bonds. The average Bonchev–Trinajstić information content (AvgIpc) is 3.16. The third-order valence-electron chi connectivity index (χ3n) is 3.16. The Morgan fingerprint density at radius 3 is 2.89 bits per heavy atom. The van der Waals surface area contributed by atoms with Crippen LogP contribution in [0.4, 0.5) is 0 Å². The van der Waals surface area contributed by atoms with Crippen LogP contribution in [0, 0.1) is 6.92 Å². The summed E-state index contributed by atoms with van der Waals surface area (Å²) in [4.78, 5) is 12.0. The molecular formula is C14H19BrN2O. The van der Waals surface area contributed by atoms with E-state index in [0.717, 1.165) is 41.2 Å². The molecule has 0 bridgehead atoms. The van der Waals surface area contributed by atoms with E-state index in [1.165, 1.54) is 12.8 Å². The summed E-state index contributed by atoms with van der Waals surface area (Å²) in [6.45, 7) is 3.67. The van der Waals surface area contributed by atoms with Gasteiger partial charge in [-0.05, 0) is 50.4 Å². The van der Waals surface area contributed by atoms with Crippen molar-refractivity contribution in [2.24, 2.45) is 0 Å². The van der Waals surface area contributed by atoms with Crippen LogP contribution in [-0.2, 0) is 0 Å². The zero-order valence-electron chi connectivity index (χ0n) is 10.6. The first-order chi connectivity index (χ1) is 8.68. The fourth-order valence-corrected chi connectivity index (χ4v) is 2.20. The molecule has 1 aliphatic carbocycles. The lowest BCUT2D eigenvalue weighted by Gasteiger charge is -2.09. The van der Waals surface area contributed by atoms with Gasteiger partial charge in [-0.2, -0.15) is 0 Å². The van der Waals surface area contributed by atoms with Gasteiger partial charge >= 0.3 is 0 Å². The molecule has 0 unspecified atom stereocenters. The van der Waals surface area contributed by atoms with Crippen LogP contribution >= 0.6 is 15.9 Å². The molecule has 1 aromatic carbocycles. The van der Waals surface area contributed by atoms with E-state index >= 15 is 0 Å². The predicted octanol–water partition coefficient (Wildman–Crippen LogP) is 2.63. The summed E-state index contributed by atoms with van der Waals surface area (Å²) in [6, 6.07) is 6.44. The van der Waals surface area contributed by atoms with Crippen LogP contribution in [0.15, 0.2) is 22.7 Å². The molecular weight excluding hydrogens is 292 g/mol. The van der Waals surface area contributed by atoms with Gasteiger partial charge in [-0.1, -0.05) is 22.0 Å². The van der Waals surface area contributed by atoms with Gasteiger partial charge in [-0.15, -0.1) is 0 Å². The molecule has 1 aliphatic rings. The molecule has 0 aromatic heterocycles. The van der Waals surface area contributed by atoms with Gasteiger partial charge < -0.3 is 10.6 Å². The first-order valence-electron chi connectivity index (χ1n) is 6.45. The Kier molecular flexibility index (Phi) is 4.78. The minimum Gasteiger partial charge on any atom is -0.352 e. The Balaban J connectivity index is 1.74. The van der Waals surface area contributed by atoms with Gasteiger partial charge in [0.1, 0.15) is 0 Å². The normalized spacial score (nSPS) is 14.6. The maximum absolute atomic E-state index is 12.0. The van der Waals surface area contributed by atoms with Crippen molar-refractivity contribution in [3.05, 3.63) is 33.8 Å². The van der Waals surface area contributed by atoms with Gasteiger partial charge in [0.15, 0.2) is 0 Å². The lowest BCUT2D eigenvalue weighted by molar-refractivity contribution is 0.0952. The second-order valence-electron chi connectivity index (χ2n) is 4.75. The van der Waals surface area contributed by atoms with E-state index in [1.54, 1.807) is 0 Å². The molecule has 2 N–H and O–H groups in total. The van der Waals surface area contributed by atoms with Crippen molar-refractivity contribution < 1.29 is 4.79 Å². The minimum absolute atomic E-state index is 0.0141. The van der Waals surface area contributed by atoms with E-state index in [4.69, 9.17) is 0 Å². The second kappa shape index (κ2) is 6.34. The summed E-state index contributed by atoms with van der Waals surface area (Å²) in [5.41, 5.74) is 1.74. The molecule has 1 saturated carbocycles. The highest BCUT2D eigenvalue weighted by atomic mass is 79.9.